The van der Waals surface area contributed by atoms with Crippen molar-refractivity contribution < 1.29 is 4.42 Å². The van der Waals surface area contributed by atoms with Crippen LogP contribution in [0.2, 0.25) is 0 Å². The van der Waals surface area contributed by atoms with Gasteiger partial charge in [0, 0.05) is 44.2 Å². The van der Waals surface area contributed by atoms with Crippen molar-refractivity contribution in [3.8, 4) is 27.9 Å². The zero-order valence-corrected chi connectivity index (χ0v) is 29.9. The minimum atomic E-state index is 0.883. The highest BCUT2D eigenvalue weighted by molar-refractivity contribution is 6.10. The highest BCUT2D eigenvalue weighted by atomic mass is 16.3. The highest BCUT2D eigenvalue weighted by Gasteiger charge is 2.18. The van der Waals surface area contributed by atoms with E-state index in [9.17, 15) is 0 Å². The molecule has 0 atom stereocenters. The fourth-order valence-electron chi connectivity index (χ4n) is 8.45. The molecule has 0 aliphatic rings. The second-order valence-corrected chi connectivity index (χ2v) is 14.1. The Balaban J connectivity index is 1.04. The lowest BCUT2D eigenvalue weighted by Crippen LogP contribution is -2.09. The summed E-state index contributed by atoms with van der Waals surface area (Å²) in [6, 6.07) is 74.0. The van der Waals surface area contributed by atoms with Crippen LogP contribution >= 0.6 is 0 Å². The zero-order chi connectivity index (χ0) is 36.3. The van der Waals surface area contributed by atoms with Crippen LogP contribution in [0, 0.1) is 0 Å². The van der Waals surface area contributed by atoms with Crippen LogP contribution in [0.5, 0.6) is 0 Å². The van der Waals surface area contributed by atoms with Crippen molar-refractivity contribution in [1.29, 1.82) is 0 Å². The van der Waals surface area contributed by atoms with Crippen LogP contribution in [0.25, 0.3) is 82.5 Å². The molecule has 0 aliphatic carbocycles. The van der Waals surface area contributed by atoms with Gasteiger partial charge in [0.25, 0.3) is 0 Å². The molecular formula is C52H34N2O. The van der Waals surface area contributed by atoms with Gasteiger partial charge in [-0.15, -0.1) is 0 Å². The van der Waals surface area contributed by atoms with Gasteiger partial charge in [0.2, 0.25) is 0 Å². The molecule has 0 bridgehead atoms. The summed E-state index contributed by atoms with van der Waals surface area (Å²) in [6.07, 6.45) is 0. The quantitative estimate of drug-likeness (QED) is 0.172. The number of nitrogens with zero attached hydrogens (tertiary/aromatic N) is 2. The third kappa shape index (κ3) is 5.13. The molecule has 258 valence electrons. The van der Waals surface area contributed by atoms with Crippen LogP contribution in [0.3, 0.4) is 0 Å². The number of anilines is 3. The molecule has 2 aromatic heterocycles. The van der Waals surface area contributed by atoms with Crippen LogP contribution in [-0.2, 0) is 0 Å². The number of aromatic nitrogens is 1. The average Bonchev–Trinajstić information content (AvgIpc) is 3.80. The van der Waals surface area contributed by atoms with E-state index < -0.39 is 0 Å². The lowest BCUT2D eigenvalue weighted by molar-refractivity contribution is 0.669. The topological polar surface area (TPSA) is 21.3 Å². The Hall–Kier alpha value is -7.36. The summed E-state index contributed by atoms with van der Waals surface area (Å²) in [5.41, 5.74) is 13.3. The predicted octanol–water partition coefficient (Wildman–Crippen LogP) is 14.6. The van der Waals surface area contributed by atoms with E-state index >= 15 is 0 Å². The Morgan fingerprint density at radius 3 is 1.58 bits per heavy atom. The highest BCUT2D eigenvalue weighted by Crippen LogP contribution is 2.42. The Kier molecular flexibility index (Phi) is 7.17. The summed E-state index contributed by atoms with van der Waals surface area (Å²) in [6.45, 7) is 0. The minimum absolute atomic E-state index is 0.883. The van der Waals surface area contributed by atoms with Gasteiger partial charge in [-0.2, -0.15) is 0 Å². The van der Waals surface area contributed by atoms with Crippen LogP contribution in [0.15, 0.2) is 211 Å². The molecular weight excluding hydrogens is 669 g/mol. The van der Waals surface area contributed by atoms with Gasteiger partial charge < -0.3 is 13.9 Å². The number of rotatable bonds is 6. The molecule has 2 heterocycles. The normalized spacial score (nSPS) is 11.6. The van der Waals surface area contributed by atoms with Crippen molar-refractivity contribution in [2.75, 3.05) is 4.90 Å². The van der Waals surface area contributed by atoms with Gasteiger partial charge >= 0.3 is 0 Å². The number of fused-ring (bicyclic) bond motifs is 7. The van der Waals surface area contributed by atoms with Crippen LogP contribution < -0.4 is 4.90 Å². The summed E-state index contributed by atoms with van der Waals surface area (Å²) < 4.78 is 8.64. The average molecular weight is 703 g/mol. The van der Waals surface area contributed by atoms with E-state index in [4.69, 9.17) is 4.42 Å². The third-order valence-corrected chi connectivity index (χ3v) is 11.0. The number of hydrogen-bond acceptors (Lipinski definition) is 2. The summed E-state index contributed by atoms with van der Waals surface area (Å²) in [5, 5.41) is 7.22. The molecule has 3 nitrogen and oxygen atoms in total. The first-order valence-corrected chi connectivity index (χ1v) is 18.8. The van der Waals surface area contributed by atoms with Crippen LogP contribution in [-0.4, -0.2) is 4.57 Å². The van der Waals surface area contributed by atoms with Gasteiger partial charge in [-0.05, 0) is 94.2 Å². The second-order valence-electron chi connectivity index (χ2n) is 14.1. The molecule has 0 fully saturated rings. The first kappa shape index (κ1) is 31.2. The number of hydrogen-bond donors (Lipinski definition) is 0. The standard InChI is InChI=1S/C52H34N2O/c1-2-14-41-35(12-1)13-11-19-42(41)36-24-28-38(29-25-36)53(40-32-33-52-47(34-40)46-18-6-10-23-51(46)55-52)39-30-26-37(27-31-39)43-15-3-7-20-48(43)54-49-21-8-4-16-44(49)45-17-5-9-22-50(45)54/h1-34H. The maximum Gasteiger partial charge on any atom is 0.135 e. The predicted molar refractivity (Wildman–Crippen MR) is 231 cm³/mol. The molecule has 0 radical (unpaired) electrons. The fraction of sp³-hybridized carbons (Fsp3) is 0. The largest absolute Gasteiger partial charge is 0.456 e. The van der Waals surface area contributed by atoms with Gasteiger partial charge in [0.1, 0.15) is 11.2 Å². The fourth-order valence-corrected chi connectivity index (χ4v) is 8.45. The van der Waals surface area contributed by atoms with Crippen molar-refractivity contribution in [2.24, 2.45) is 0 Å². The van der Waals surface area contributed by atoms with Crippen LogP contribution in [0.1, 0.15) is 0 Å². The lowest BCUT2D eigenvalue weighted by atomic mass is 9.98. The number of benzene rings is 9. The molecule has 0 N–H and O–H groups in total. The summed E-state index contributed by atoms with van der Waals surface area (Å²) in [5.74, 6) is 0. The van der Waals surface area contributed by atoms with E-state index in [1.165, 1.54) is 49.3 Å². The first-order chi connectivity index (χ1) is 27.3. The molecule has 0 amide bonds. The van der Waals surface area contributed by atoms with Gasteiger partial charge in [0.05, 0.1) is 16.7 Å². The van der Waals surface area contributed by atoms with Crippen molar-refractivity contribution in [2.45, 2.75) is 0 Å². The van der Waals surface area contributed by atoms with Crippen molar-refractivity contribution >= 4 is 71.6 Å². The number of furan rings is 1. The van der Waals surface area contributed by atoms with E-state index in [0.717, 1.165) is 50.3 Å². The van der Waals surface area contributed by atoms with Gasteiger partial charge in [0.15, 0.2) is 0 Å². The Labute approximate surface area is 318 Å². The Morgan fingerprint density at radius 2 is 0.855 bits per heavy atom. The van der Waals surface area contributed by atoms with Crippen molar-refractivity contribution in [1.82, 2.24) is 4.57 Å². The van der Waals surface area contributed by atoms with E-state index in [1.807, 2.05) is 12.1 Å². The third-order valence-electron chi connectivity index (χ3n) is 11.0. The maximum absolute atomic E-state index is 6.24. The molecule has 11 rings (SSSR count). The van der Waals surface area contributed by atoms with E-state index in [1.54, 1.807) is 0 Å². The van der Waals surface area contributed by atoms with Crippen LogP contribution in [0.4, 0.5) is 17.1 Å². The first-order valence-electron chi connectivity index (χ1n) is 18.8. The molecule has 0 spiro atoms. The molecule has 0 saturated heterocycles. The van der Waals surface area contributed by atoms with Gasteiger partial charge in [-0.3, -0.25) is 0 Å². The molecule has 0 unspecified atom stereocenters. The Bertz CT molecular complexity index is 3150. The van der Waals surface area contributed by atoms with E-state index in [-0.39, 0.29) is 0 Å². The van der Waals surface area contributed by atoms with Gasteiger partial charge in [-0.1, -0.05) is 140 Å². The summed E-state index contributed by atoms with van der Waals surface area (Å²) in [7, 11) is 0. The van der Waals surface area contributed by atoms with E-state index in [2.05, 4.69) is 204 Å². The SMILES string of the molecule is c1ccc(-n2c3ccccc3c3ccccc32)c(-c2ccc(N(c3ccc(-c4cccc5ccccc45)cc3)c3ccc4oc5ccccc5c4c3)cc2)c1. The van der Waals surface area contributed by atoms with E-state index in [0.29, 0.717) is 0 Å². The summed E-state index contributed by atoms with van der Waals surface area (Å²) >= 11 is 0. The monoisotopic (exact) mass is 702 g/mol. The molecule has 0 aliphatic heterocycles. The molecule has 9 aromatic carbocycles. The van der Waals surface area contributed by atoms with Crippen molar-refractivity contribution in [3.63, 3.8) is 0 Å². The molecule has 55 heavy (non-hydrogen) atoms. The minimum Gasteiger partial charge on any atom is -0.456 e. The summed E-state index contributed by atoms with van der Waals surface area (Å²) in [4.78, 5) is 2.34. The molecule has 11 aromatic rings. The molecule has 0 saturated carbocycles. The zero-order valence-electron chi connectivity index (χ0n) is 29.9. The smallest absolute Gasteiger partial charge is 0.135 e. The van der Waals surface area contributed by atoms with Crippen molar-refractivity contribution in [3.05, 3.63) is 206 Å². The number of para-hydroxylation sites is 4. The second kappa shape index (κ2) is 12.6. The Morgan fingerprint density at radius 1 is 0.345 bits per heavy atom. The molecule has 3 heteroatoms. The van der Waals surface area contributed by atoms with Gasteiger partial charge in [-0.25, -0.2) is 0 Å². The lowest BCUT2D eigenvalue weighted by Gasteiger charge is -2.26. The maximum atomic E-state index is 6.24.